The van der Waals surface area contributed by atoms with E-state index in [0.29, 0.717) is 0 Å². The summed E-state index contributed by atoms with van der Waals surface area (Å²) in [4.78, 5) is 44.5. The first-order valence-electron chi connectivity index (χ1n) is 9.99. The fourth-order valence-corrected chi connectivity index (χ4v) is 5.51. The van der Waals surface area contributed by atoms with Gasteiger partial charge in [-0.1, -0.05) is 0 Å². The number of rotatable bonds is 9. The second kappa shape index (κ2) is 11.2. The van der Waals surface area contributed by atoms with Crippen LogP contribution in [-0.2, 0) is 32.0 Å². The number of nitrogens with one attached hydrogen (secondary N) is 1. The molecule has 0 amide bonds. The summed E-state index contributed by atoms with van der Waals surface area (Å²) in [6.07, 6.45) is -15.4. The van der Waals surface area contributed by atoms with Crippen molar-refractivity contribution in [2.75, 3.05) is 13.2 Å². The van der Waals surface area contributed by atoms with E-state index in [1.807, 2.05) is 4.98 Å². The van der Waals surface area contributed by atoms with E-state index in [0.717, 1.165) is 16.8 Å². The molecule has 0 aromatic carbocycles. The smallest absolute Gasteiger partial charge is 0.394 e. The Labute approximate surface area is 199 Å². The number of hydrogen-bond donors (Lipinski definition) is 9. The molecule has 3 heterocycles. The fraction of sp³-hybridized carbons (Fsp3) is 0.733. The number of phosphoric ester groups is 2. The predicted molar refractivity (Wildman–Crippen MR) is 109 cm³/mol. The highest BCUT2D eigenvalue weighted by atomic mass is 31.3. The van der Waals surface area contributed by atoms with E-state index >= 15 is 0 Å². The van der Waals surface area contributed by atoms with E-state index in [-0.39, 0.29) is 0 Å². The van der Waals surface area contributed by atoms with E-state index in [1.165, 1.54) is 0 Å². The molecule has 9 N–H and O–H groups in total. The monoisotopic (exact) mass is 566 g/mol. The molecule has 206 valence electrons. The van der Waals surface area contributed by atoms with Crippen LogP contribution in [0, 0.1) is 0 Å². The van der Waals surface area contributed by atoms with Crippen molar-refractivity contribution < 1.29 is 72.4 Å². The quantitative estimate of drug-likeness (QED) is 0.127. The minimum absolute atomic E-state index is 0.723. The van der Waals surface area contributed by atoms with Gasteiger partial charge in [0.25, 0.3) is 5.56 Å². The summed E-state index contributed by atoms with van der Waals surface area (Å²) in [5, 5.41) is 58.6. The Bertz CT molecular complexity index is 1120. The van der Waals surface area contributed by atoms with Crippen molar-refractivity contribution in [3.63, 3.8) is 0 Å². The highest BCUT2D eigenvalue weighted by Gasteiger charge is 2.49. The van der Waals surface area contributed by atoms with Gasteiger partial charge in [0.15, 0.2) is 12.5 Å². The van der Waals surface area contributed by atoms with Gasteiger partial charge < -0.3 is 49.9 Å². The Kier molecular flexibility index (Phi) is 9.05. The Balaban J connectivity index is 1.61. The van der Waals surface area contributed by atoms with Crippen LogP contribution in [0.5, 0.6) is 0 Å². The topological polar surface area (TPSA) is 297 Å². The average molecular weight is 566 g/mol. The molecule has 3 rings (SSSR count). The number of aliphatic hydroxyl groups is 6. The molecular formula is C15H24N2O17P2. The van der Waals surface area contributed by atoms with Crippen LogP contribution >= 0.6 is 15.6 Å². The summed E-state index contributed by atoms with van der Waals surface area (Å²) < 4.78 is 48.1. The van der Waals surface area contributed by atoms with Crippen LogP contribution in [0.3, 0.4) is 0 Å². The van der Waals surface area contributed by atoms with Crippen LogP contribution < -0.4 is 11.2 Å². The van der Waals surface area contributed by atoms with E-state index in [1.54, 1.807) is 0 Å². The van der Waals surface area contributed by atoms with Gasteiger partial charge in [-0.15, -0.1) is 0 Å². The van der Waals surface area contributed by atoms with Crippen LogP contribution in [0.2, 0.25) is 0 Å². The fourth-order valence-electron chi connectivity index (χ4n) is 3.35. The first-order chi connectivity index (χ1) is 16.7. The van der Waals surface area contributed by atoms with Gasteiger partial charge in [0.2, 0.25) is 0 Å². The van der Waals surface area contributed by atoms with Crippen molar-refractivity contribution in [3.8, 4) is 0 Å². The first kappa shape index (κ1) is 29.2. The molecule has 19 nitrogen and oxygen atoms in total. The van der Waals surface area contributed by atoms with Crippen molar-refractivity contribution in [3.05, 3.63) is 33.1 Å². The van der Waals surface area contributed by atoms with E-state index < -0.39 is 95.4 Å². The molecule has 2 aliphatic rings. The standard InChI is InChI=1S/C15H24N2O17P2/c18-3-5-8(20)10(22)12(24)14(32-5)33-36(28,29)34-35(26,27)30-4-6-9(21)11(23)13(31-6)17-2-1-7(19)16-15(17)25/h1-2,5-6,8-14,18,20-24H,3-4H2,(H,26,27)(H,28,29)(H,16,19,25)/t5?,6-,8+,9?,10+,11+,12?,13-,14+/m1/s1. The molecule has 0 bridgehead atoms. The Morgan fingerprint density at radius 3 is 2.17 bits per heavy atom. The average Bonchev–Trinajstić information content (AvgIpc) is 3.06. The first-order valence-corrected chi connectivity index (χ1v) is 13.0. The van der Waals surface area contributed by atoms with E-state index in [4.69, 9.17) is 14.6 Å². The molecule has 0 saturated carbocycles. The van der Waals surface area contributed by atoms with Gasteiger partial charge in [-0.25, -0.2) is 13.9 Å². The summed E-state index contributed by atoms with van der Waals surface area (Å²) in [5.41, 5.74) is -1.75. The zero-order valence-electron chi connectivity index (χ0n) is 17.9. The highest BCUT2D eigenvalue weighted by molar-refractivity contribution is 7.61. The van der Waals surface area contributed by atoms with E-state index in [9.17, 15) is 54.0 Å². The number of hydrogen-bond acceptors (Lipinski definition) is 15. The van der Waals surface area contributed by atoms with Crippen LogP contribution in [0.1, 0.15) is 6.23 Å². The molecule has 5 unspecified atom stereocenters. The van der Waals surface area contributed by atoms with Gasteiger partial charge in [0, 0.05) is 12.3 Å². The van der Waals surface area contributed by atoms with Crippen LogP contribution in [0.15, 0.2) is 21.9 Å². The molecule has 0 spiro atoms. The van der Waals surface area contributed by atoms with Crippen molar-refractivity contribution in [1.82, 2.24) is 9.55 Å². The Morgan fingerprint density at radius 2 is 1.56 bits per heavy atom. The van der Waals surface area contributed by atoms with Crippen molar-refractivity contribution >= 4 is 15.6 Å². The minimum atomic E-state index is -5.59. The van der Waals surface area contributed by atoms with Crippen molar-refractivity contribution in [1.29, 1.82) is 0 Å². The lowest BCUT2D eigenvalue weighted by Crippen LogP contribution is -2.58. The number of phosphoric acid groups is 2. The maximum atomic E-state index is 12.2. The lowest BCUT2D eigenvalue weighted by Gasteiger charge is -2.39. The Hall–Kier alpha value is -1.38. The molecule has 2 fully saturated rings. The number of aliphatic hydroxyl groups excluding tert-OH is 6. The third-order valence-corrected chi connectivity index (χ3v) is 7.76. The second-order valence-corrected chi connectivity index (χ2v) is 10.7. The van der Waals surface area contributed by atoms with Gasteiger partial charge in [-0.2, -0.15) is 4.31 Å². The number of aromatic amines is 1. The molecule has 0 radical (unpaired) electrons. The highest BCUT2D eigenvalue weighted by Crippen LogP contribution is 2.61. The van der Waals surface area contributed by atoms with Crippen molar-refractivity contribution in [2.45, 2.75) is 55.2 Å². The lowest BCUT2D eigenvalue weighted by molar-refractivity contribution is -0.280. The zero-order valence-corrected chi connectivity index (χ0v) is 19.6. The van der Waals surface area contributed by atoms with Crippen molar-refractivity contribution in [2.24, 2.45) is 0 Å². The van der Waals surface area contributed by atoms with Gasteiger partial charge in [0.05, 0.1) is 13.2 Å². The summed E-state index contributed by atoms with van der Waals surface area (Å²) >= 11 is 0. The maximum absolute atomic E-state index is 12.2. The summed E-state index contributed by atoms with van der Waals surface area (Å²) in [7, 11) is -11.1. The zero-order chi connectivity index (χ0) is 27.0. The SMILES string of the molecule is O=c1ccn([C@@H]2O[C@H](COP(=O)(O)OP(=O)(O)O[C@@H]3OC(CO)[C@H](O)[C@H](O)C3O)C(O)[C@@H]2O)c(=O)[nH]1. The number of aromatic nitrogens is 2. The molecule has 36 heavy (non-hydrogen) atoms. The van der Waals surface area contributed by atoms with Crippen LogP contribution in [-0.4, -0.2) is 112 Å². The summed E-state index contributed by atoms with van der Waals surface area (Å²) in [5.74, 6) is 0. The third-order valence-electron chi connectivity index (χ3n) is 5.16. The van der Waals surface area contributed by atoms with E-state index in [2.05, 4.69) is 13.4 Å². The maximum Gasteiger partial charge on any atom is 0.483 e. The molecular weight excluding hydrogens is 542 g/mol. The number of ether oxygens (including phenoxy) is 2. The molecule has 2 aliphatic heterocycles. The second-order valence-electron chi connectivity index (χ2n) is 7.68. The third kappa shape index (κ3) is 6.54. The molecule has 1 aromatic heterocycles. The van der Waals surface area contributed by atoms with Gasteiger partial charge in [-0.3, -0.25) is 23.4 Å². The molecule has 1 aromatic rings. The molecule has 21 heteroatoms. The number of nitrogens with zero attached hydrogens (tertiary/aromatic N) is 1. The number of H-pyrrole nitrogens is 1. The van der Waals surface area contributed by atoms with Crippen LogP contribution in [0.4, 0.5) is 0 Å². The minimum Gasteiger partial charge on any atom is -0.394 e. The summed E-state index contributed by atoms with van der Waals surface area (Å²) in [6, 6.07) is 0.928. The summed E-state index contributed by atoms with van der Waals surface area (Å²) in [6.45, 7) is -1.93. The Morgan fingerprint density at radius 1 is 0.917 bits per heavy atom. The molecule has 0 aliphatic carbocycles. The normalized spacial score (nSPS) is 38.4. The predicted octanol–water partition coefficient (Wildman–Crippen LogP) is -4.79. The van der Waals surface area contributed by atoms with Gasteiger partial charge >= 0.3 is 21.3 Å². The molecule has 2 saturated heterocycles. The van der Waals surface area contributed by atoms with Gasteiger partial charge in [0.1, 0.15) is 42.7 Å². The van der Waals surface area contributed by atoms with Gasteiger partial charge in [-0.05, 0) is 0 Å². The molecule has 11 atom stereocenters. The largest absolute Gasteiger partial charge is 0.483 e. The van der Waals surface area contributed by atoms with Crippen LogP contribution in [0.25, 0.3) is 0 Å². The lowest BCUT2D eigenvalue weighted by atomic mass is 10.00.